The first-order valence-corrected chi connectivity index (χ1v) is 13.3. The fourth-order valence-electron chi connectivity index (χ4n) is 4.78. The van der Waals surface area contributed by atoms with Crippen molar-refractivity contribution in [2.45, 2.75) is 37.0 Å². The number of ether oxygens (including phenoxy) is 1. The van der Waals surface area contributed by atoms with Crippen molar-refractivity contribution in [2.24, 2.45) is 0 Å². The zero-order valence-corrected chi connectivity index (χ0v) is 20.2. The molecule has 2 N–H and O–H groups in total. The second kappa shape index (κ2) is 10.1. The van der Waals surface area contributed by atoms with Crippen molar-refractivity contribution in [3.8, 4) is 11.1 Å². The number of alkyl carbamates (subject to hydrolysis) is 1. The number of carboxylic acid groups (broad SMARTS) is 1. The first kappa shape index (κ1) is 24.7. The second-order valence-corrected chi connectivity index (χ2v) is 11.2. The third-order valence-corrected chi connectivity index (χ3v) is 8.72. The number of amides is 2. The van der Waals surface area contributed by atoms with Gasteiger partial charge in [-0.25, -0.2) is 13.2 Å². The molecule has 2 aromatic carbocycles. The summed E-state index contributed by atoms with van der Waals surface area (Å²) in [5.41, 5.74) is 4.36. The van der Waals surface area contributed by atoms with Gasteiger partial charge in [-0.3, -0.25) is 9.59 Å². The minimum absolute atomic E-state index is 0.0415. The first-order valence-electron chi connectivity index (χ1n) is 11.5. The molecule has 35 heavy (non-hydrogen) atoms. The number of hydrogen-bond acceptors (Lipinski definition) is 6. The maximum Gasteiger partial charge on any atom is 0.407 e. The monoisotopic (exact) mass is 500 g/mol. The molecule has 2 aromatic rings. The molecule has 2 amide bonds. The van der Waals surface area contributed by atoms with E-state index in [9.17, 15) is 22.8 Å². The molecule has 10 heteroatoms. The number of carbonyl (C=O) groups is 3. The number of carbonyl (C=O) groups excluding carboxylic acids is 2. The van der Waals surface area contributed by atoms with Crippen LogP contribution in [0.5, 0.6) is 0 Å². The standard InChI is InChI=1S/C25H28N2O7S/c1-2-22(24(30)27-11-12-35(32,33)16(14-27)13-23(28)29)26-25(31)34-15-21-19-9-5-3-7-17(19)18-8-4-6-10-20(18)21/h3-10,16,21-22H,2,11-15H2,1H3,(H,26,31)(H,28,29). The topological polar surface area (TPSA) is 130 Å². The first-order chi connectivity index (χ1) is 16.7. The number of sulfone groups is 1. The van der Waals surface area contributed by atoms with Gasteiger partial charge in [0.1, 0.15) is 12.6 Å². The number of aliphatic carboxylic acids is 1. The van der Waals surface area contributed by atoms with Crippen molar-refractivity contribution in [2.75, 3.05) is 25.4 Å². The van der Waals surface area contributed by atoms with Crippen LogP contribution in [0.15, 0.2) is 48.5 Å². The predicted octanol–water partition coefficient (Wildman–Crippen LogP) is 2.40. The zero-order valence-electron chi connectivity index (χ0n) is 19.3. The van der Waals surface area contributed by atoms with E-state index in [0.717, 1.165) is 22.3 Å². The van der Waals surface area contributed by atoms with Gasteiger partial charge in [0, 0.05) is 19.0 Å². The maximum atomic E-state index is 13.0. The van der Waals surface area contributed by atoms with Crippen LogP contribution < -0.4 is 5.32 Å². The Balaban J connectivity index is 1.39. The molecular formula is C25H28N2O7S. The maximum absolute atomic E-state index is 13.0. The highest BCUT2D eigenvalue weighted by Crippen LogP contribution is 2.44. The van der Waals surface area contributed by atoms with Gasteiger partial charge in [-0.15, -0.1) is 0 Å². The Kier molecular flexibility index (Phi) is 7.11. The summed E-state index contributed by atoms with van der Waals surface area (Å²) in [6.07, 6.45) is -1.03. The van der Waals surface area contributed by atoms with Crippen molar-refractivity contribution in [1.82, 2.24) is 10.2 Å². The Labute approximate surface area is 204 Å². The van der Waals surface area contributed by atoms with Crippen LogP contribution in [0.1, 0.15) is 36.8 Å². The van der Waals surface area contributed by atoms with Gasteiger partial charge in [0.2, 0.25) is 5.91 Å². The summed E-state index contributed by atoms with van der Waals surface area (Å²) in [4.78, 5) is 38.0. The molecule has 1 heterocycles. The SMILES string of the molecule is CCC(NC(=O)OCC1c2ccccc2-c2ccccc21)C(=O)N1CCS(=O)(=O)C(CC(=O)O)C1. The minimum Gasteiger partial charge on any atom is -0.481 e. The average Bonchev–Trinajstić information content (AvgIpc) is 3.15. The van der Waals surface area contributed by atoms with E-state index in [2.05, 4.69) is 5.32 Å². The van der Waals surface area contributed by atoms with Crippen molar-refractivity contribution < 1.29 is 32.6 Å². The van der Waals surface area contributed by atoms with Gasteiger partial charge in [-0.2, -0.15) is 0 Å². The second-order valence-electron chi connectivity index (χ2n) is 8.80. The fraction of sp³-hybridized carbons (Fsp3) is 0.400. The summed E-state index contributed by atoms with van der Waals surface area (Å²) in [7, 11) is -3.59. The lowest BCUT2D eigenvalue weighted by Crippen LogP contribution is -2.55. The minimum atomic E-state index is -3.59. The summed E-state index contributed by atoms with van der Waals surface area (Å²) in [5, 5.41) is 10.5. The third-order valence-electron chi connectivity index (χ3n) is 6.63. The summed E-state index contributed by atoms with van der Waals surface area (Å²) >= 11 is 0. The van der Waals surface area contributed by atoms with Crippen LogP contribution >= 0.6 is 0 Å². The number of hydrogen-bond donors (Lipinski definition) is 2. The third kappa shape index (κ3) is 5.17. The van der Waals surface area contributed by atoms with Crippen LogP contribution in [0.25, 0.3) is 11.1 Å². The molecule has 186 valence electrons. The summed E-state index contributed by atoms with van der Waals surface area (Å²) in [6.45, 7) is 1.57. The highest BCUT2D eigenvalue weighted by Gasteiger charge is 2.38. The van der Waals surface area contributed by atoms with Gasteiger partial charge in [-0.05, 0) is 28.7 Å². The quantitative estimate of drug-likeness (QED) is 0.597. The highest BCUT2D eigenvalue weighted by atomic mass is 32.2. The summed E-state index contributed by atoms with van der Waals surface area (Å²) < 4.78 is 29.9. The van der Waals surface area contributed by atoms with Crippen LogP contribution in [-0.2, 0) is 24.2 Å². The van der Waals surface area contributed by atoms with Crippen molar-refractivity contribution >= 4 is 27.8 Å². The van der Waals surface area contributed by atoms with Crippen molar-refractivity contribution in [3.63, 3.8) is 0 Å². The smallest absolute Gasteiger partial charge is 0.407 e. The lowest BCUT2D eigenvalue weighted by molar-refractivity contribution is -0.138. The molecule has 0 saturated carbocycles. The average molecular weight is 501 g/mol. The largest absolute Gasteiger partial charge is 0.481 e. The molecule has 0 bridgehead atoms. The summed E-state index contributed by atoms with van der Waals surface area (Å²) in [5.74, 6) is -2.12. The number of nitrogens with one attached hydrogen (secondary N) is 1. The van der Waals surface area contributed by atoms with E-state index in [1.165, 1.54) is 4.90 Å². The number of carboxylic acids is 1. The molecule has 0 spiro atoms. The van der Waals surface area contributed by atoms with Gasteiger partial charge in [0.15, 0.2) is 9.84 Å². The van der Waals surface area contributed by atoms with E-state index >= 15 is 0 Å². The zero-order chi connectivity index (χ0) is 25.2. The number of benzene rings is 2. The van der Waals surface area contributed by atoms with E-state index < -0.39 is 45.5 Å². The molecule has 1 aliphatic carbocycles. The van der Waals surface area contributed by atoms with E-state index in [1.54, 1.807) is 6.92 Å². The number of rotatable bonds is 7. The van der Waals surface area contributed by atoms with Crippen LogP contribution in [0.2, 0.25) is 0 Å². The Morgan fingerprint density at radius 1 is 1.09 bits per heavy atom. The van der Waals surface area contributed by atoms with Gasteiger partial charge >= 0.3 is 12.1 Å². The van der Waals surface area contributed by atoms with Gasteiger partial charge in [0.05, 0.1) is 17.4 Å². The van der Waals surface area contributed by atoms with E-state index in [4.69, 9.17) is 9.84 Å². The fourth-order valence-corrected chi connectivity index (χ4v) is 6.39. The molecule has 1 fully saturated rings. The lowest BCUT2D eigenvalue weighted by Gasteiger charge is -2.34. The molecule has 0 radical (unpaired) electrons. The predicted molar refractivity (Wildman–Crippen MR) is 129 cm³/mol. The highest BCUT2D eigenvalue weighted by molar-refractivity contribution is 7.92. The van der Waals surface area contributed by atoms with Crippen LogP contribution in [0.4, 0.5) is 4.79 Å². The molecule has 2 unspecified atom stereocenters. The molecule has 4 rings (SSSR count). The van der Waals surface area contributed by atoms with Crippen LogP contribution in [-0.4, -0.2) is 73.1 Å². The Hall–Kier alpha value is -3.40. The normalized spacial score (nSPS) is 19.3. The molecular weight excluding hydrogens is 472 g/mol. The molecule has 2 aliphatic rings. The number of fused-ring (bicyclic) bond motifs is 3. The van der Waals surface area contributed by atoms with Crippen LogP contribution in [0, 0.1) is 0 Å². The molecule has 1 aliphatic heterocycles. The number of nitrogens with zero attached hydrogens (tertiary/aromatic N) is 1. The molecule has 0 aromatic heterocycles. The molecule has 2 atom stereocenters. The van der Waals surface area contributed by atoms with Gasteiger partial charge in [-0.1, -0.05) is 55.5 Å². The van der Waals surface area contributed by atoms with Crippen molar-refractivity contribution in [1.29, 1.82) is 0 Å². The lowest BCUT2D eigenvalue weighted by atomic mass is 9.98. The van der Waals surface area contributed by atoms with E-state index in [-0.39, 0.29) is 37.8 Å². The van der Waals surface area contributed by atoms with Gasteiger partial charge < -0.3 is 20.1 Å². The Bertz CT molecular complexity index is 1200. The Morgan fingerprint density at radius 3 is 2.26 bits per heavy atom. The summed E-state index contributed by atoms with van der Waals surface area (Å²) in [6, 6.07) is 15.0. The van der Waals surface area contributed by atoms with Crippen LogP contribution in [0.3, 0.4) is 0 Å². The van der Waals surface area contributed by atoms with Crippen molar-refractivity contribution in [3.05, 3.63) is 59.7 Å². The van der Waals surface area contributed by atoms with E-state index in [1.807, 2.05) is 48.5 Å². The van der Waals surface area contributed by atoms with E-state index in [0.29, 0.717) is 0 Å². The molecule has 1 saturated heterocycles. The Morgan fingerprint density at radius 2 is 1.69 bits per heavy atom. The van der Waals surface area contributed by atoms with Gasteiger partial charge in [0.25, 0.3) is 0 Å². The molecule has 9 nitrogen and oxygen atoms in total.